The van der Waals surface area contributed by atoms with E-state index in [0.29, 0.717) is 16.4 Å². The Morgan fingerprint density at radius 1 is 1.04 bits per heavy atom. The van der Waals surface area contributed by atoms with Gasteiger partial charge in [-0.15, -0.1) is 0 Å². The number of rotatable bonds is 1. The summed E-state index contributed by atoms with van der Waals surface area (Å²) in [4.78, 5) is 4.69. The van der Waals surface area contributed by atoms with E-state index in [4.69, 9.17) is 16.6 Å². The molecule has 0 bridgehead atoms. The zero-order valence-electron chi connectivity index (χ0n) is 13.3. The second-order valence-electron chi connectivity index (χ2n) is 5.93. The van der Waals surface area contributed by atoms with Crippen LogP contribution in [-0.4, -0.2) is 9.38 Å². The molecule has 4 heteroatoms. The highest BCUT2D eigenvalue weighted by atomic mass is 35.5. The van der Waals surface area contributed by atoms with Crippen molar-refractivity contribution >= 4 is 28.3 Å². The van der Waals surface area contributed by atoms with Crippen molar-refractivity contribution in [1.82, 2.24) is 9.38 Å². The quantitative estimate of drug-likeness (QED) is 0.444. The van der Waals surface area contributed by atoms with Crippen molar-refractivity contribution < 1.29 is 0 Å². The summed E-state index contributed by atoms with van der Waals surface area (Å²) in [6.07, 6.45) is 0. The molecule has 0 aliphatic rings. The maximum absolute atomic E-state index is 9.76. The number of hydrogen-bond acceptors (Lipinski definition) is 2. The number of nitrogens with zero attached hydrogens (tertiary/aromatic N) is 3. The maximum Gasteiger partial charge on any atom is 0.157 e. The van der Waals surface area contributed by atoms with Crippen LogP contribution < -0.4 is 0 Å². The summed E-state index contributed by atoms with van der Waals surface area (Å²) in [6, 6.07) is 18.1. The van der Waals surface area contributed by atoms with Gasteiger partial charge >= 0.3 is 0 Å². The van der Waals surface area contributed by atoms with Crippen LogP contribution in [0.4, 0.5) is 0 Å². The highest BCUT2D eigenvalue weighted by Gasteiger charge is 2.17. The van der Waals surface area contributed by atoms with Crippen LogP contribution in [0.25, 0.3) is 27.8 Å². The summed E-state index contributed by atoms with van der Waals surface area (Å²) in [7, 11) is 0. The lowest BCUT2D eigenvalue weighted by Gasteiger charge is -2.08. The molecule has 0 N–H and O–H groups in total. The summed E-state index contributed by atoms with van der Waals surface area (Å²) in [5.74, 6) is 0. The summed E-state index contributed by atoms with van der Waals surface area (Å²) in [6.45, 7) is 4.12. The number of aromatic nitrogens is 2. The van der Waals surface area contributed by atoms with Gasteiger partial charge < -0.3 is 0 Å². The molecule has 2 aromatic carbocycles. The molecule has 0 radical (unpaired) electrons. The summed E-state index contributed by atoms with van der Waals surface area (Å²) >= 11 is 6.57. The first-order valence-corrected chi connectivity index (χ1v) is 8.05. The summed E-state index contributed by atoms with van der Waals surface area (Å²) in [5, 5.41) is 10.3. The Balaban J connectivity index is 2.17. The van der Waals surface area contributed by atoms with Crippen molar-refractivity contribution in [3.8, 4) is 17.2 Å². The standard InChI is InChI=1S/C20H14ClN3/c1-12-8-17-18(9-13(12)2)24-19(21)10-15(14-6-4-3-5-7-14)16(11-22)20(24)23-17/h3-10H,1-2H3. The molecule has 0 atom stereocenters. The average molecular weight is 332 g/mol. The zero-order valence-corrected chi connectivity index (χ0v) is 14.1. The van der Waals surface area contributed by atoms with E-state index in [9.17, 15) is 5.26 Å². The van der Waals surface area contributed by atoms with Gasteiger partial charge in [0.25, 0.3) is 0 Å². The van der Waals surface area contributed by atoms with Gasteiger partial charge in [-0.2, -0.15) is 5.26 Å². The van der Waals surface area contributed by atoms with Crippen molar-refractivity contribution in [3.63, 3.8) is 0 Å². The highest BCUT2D eigenvalue weighted by Crippen LogP contribution is 2.33. The molecule has 2 aromatic heterocycles. The van der Waals surface area contributed by atoms with E-state index < -0.39 is 0 Å². The Labute approximate surface area is 144 Å². The molecule has 3 nitrogen and oxygen atoms in total. The van der Waals surface area contributed by atoms with E-state index in [1.54, 1.807) is 0 Å². The Hall–Kier alpha value is -2.83. The van der Waals surface area contributed by atoms with E-state index in [0.717, 1.165) is 22.2 Å². The second-order valence-corrected chi connectivity index (χ2v) is 6.32. The SMILES string of the molecule is Cc1cc2nc3c(C#N)c(-c4ccccc4)cc(Cl)n3c2cc1C. The molecular weight excluding hydrogens is 318 g/mol. The fraction of sp³-hybridized carbons (Fsp3) is 0.100. The zero-order chi connectivity index (χ0) is 16.8. The largest absolute Gasteiger partial charge is 0.282 e. The van der Waals surface area contributed by atoms with Gasteiger partial charge in [-0.25, -0.2) is 4.98 Å². The van der Waals surface area contributed by atoms with Gasteiger partial charge in [0.15, 0.2) is 5.65 Å². The molecule has 0 unspecified atom stereocenters. The fourth-order valence-electron chi connectivity index (χ4n) is 3.05. The first-order valence-electron chi connectivity index (χ1n) is 7.67. The van der Waals surface area contributed by atoms with E-state index in [2.05, 4.69) is 26.0 Å². The van der Waals surface area contributed by atoms with Gasteiger partial charge in [-0.05, 0) is 48.7 Å². The Morgan fingerprint density at radius 3 is 2.46 bits per heavy atom. The number of pyridine rings is 1. The van der Waals surface area contributed by atoms with Crippen LogP contribution in [0.3, 0.4) is 0 Å². The lowest BCUT2D eigenvalue weighted by Crippen LogP contribution is -1.95. The van der Waals surface area contributed by atoms with E-state index in [1.807, 2.05) is 46.9 Å². The van der Waals surface area contributed by atoms with Gasteiger partial charge in [0.05, 0.1) is 11.0 Å². The highest BCUT2D eigenvalue weighted by molar-refractivity contribution is 6.30. The molecule has 4 aromatic rings. The lowest BCUT2D eigenvalue weighted by atomic mass is 10.0. The normalized spacial score (nSPS) is 11.1. The van der Waals surface area contributed by atoms with Crippen LogP contribution in [0, 0.1) is 25.2 Å². The number of benzene rings is 2. The van der Waals surface area contributed by atoms with Crippen LogP contribution in [0.1, 0.15) is 16.7 Å². The molecule has 0 fully saturated rings. The third kappa shape index (κ3) is 2.08. The van der Waals surface area contributed by atoms with Crippen LogP contribution >= 0.6 is 11.6 Å². The molecule has 0 aliphatic carbocycles. The van der Waals surface area contributed by atoms with Crippen LogP contribution in [-0.2, 0) is 0 Å². The minimum atomic E-state index is 0.539. The number of imidazole rings is 1. The minimum absolute atomic E-state index is 0.539. The van der Waals surface area contributed by atoms with Crippen LogP contribution in [0.5, 0.6) is 0 Å². The van der Waals surface area contributed by atoms with E-state index >= 15 is 0 Å². The first kappa shape index (κ1) is 14.7. The fourth-order valence-corrected chi connectivity index (χ4v) is 3.33. The van der Waals surface area contributed by atoms with Crippen molar-refractivity contribution in [2.75, 3.05) is 0 Å². The Morgan fingerprint density at radius 2 is 1.75 bits per heavy atom. The first-order chi connectivity index (χ1) is 11.6. The van der Waals surface area contributed by atoms with Gasteiger partial charge in [-0.1, -0.05) is 41.9 Å². The summed E-state index contributed by atoms with van der Waals surface area (Å²) in [5.41, 5.74) is 7.02. The average Bonchev–Trinajstić information content (AvgIpc) is 2.94. The molecule has 0 aliphatic heterocycles. The van der Waals surface area contributed by atoms with Crippen molar-refractivity contribution in [2.45, 2.75) is 13.8 Å². The molecule has 24 heavy (non-hydrogen) atoms. The van der Waals surface area contributed by atoms with Gasteiger partial charge in [0.2, 0.25) is 0 Å². The smallest absolute Gasteiger partial charge is 0.157 e. The van der Waals surface area contributed by atoms with Gasteiger partial charge in [-0.3, -0.25) is 4.40 Å². The number of aryl methyl sites for hydroxylation is 2. The lowest BCUT2D eigenvalue weighted by molar-refractivity contribution is 1.21. The third-order valence-electron chi connectivity index (χ3n) is 4.44. The Kier molecular flexibility index (Phi) is 3.30. The third-order valence-corrected chi connectivity index (χ3v) is 4.71. The molecule has 116 valence electrons. The Bertz CT molecular complexity index is 1130. The van der Waals surface area contributed by atoms with Crippen molar-refractivity contribution in [1.29, 1.82) is 5.26 Å². The number of halogens is 1. The van der Waals surface area contributed by atoms with Crippen LogP contribution in [0.15, 0.2) is 48.5 Å². The topological polar surface area (TPSA) is 41.1 Å². The van der Waals surface area contributed by atoms with Crippen molar-refractivity contribution in [2.24, 2.45) is 0 Å². The van der Waals surface area contributed by atoms with Crippen LogP contribution in [0.2, 0.25) is 5.15 Å². The van der Waals surface area contributed by atoms with Gasteiger partial charge in [0.1, 0.15) is 16.8 Å². The second kappa shape index (κ2) is 5.36. The molecule has 0 amide bonds. The minimum Gasteiger partial charge on any atom is -0.282 e. The summed E-state index contributed by atoms with van der Waals surface area (Å²) < 4.78 is 1.86. The van der Waals surface area contributed by atoms with Gasteiger partial charge in [0, 0.05) is 5.56 Å². The monoisotopic (exact) mass is 331 g/mol. The predicted molar refractivity (Wildman–Crippen MR) is 97.3 cm³/mol. The van der Waals surface area contributed by atoms with E-state index in [-0.39, 0.29) is 0 Å². The number of fused-ring (bicyclic) bond motifs is 3. The maximum atomic E-state index is 9.76. The predicted octanol–water partition coefficient (Wildman–Crippen LogP) is 5.30. The molecular formula is C20H14ClN3. The molecule has 0 saturated heterocycles. The van der Waals surface area contributed by atoms with Crippen molar-refractivity contribution in [3.05, 3.63) is 70.4 Å². The molecule has 0 saturated carbocycles. The van der Waals surface area contributed by atoms with E-state index in [1.165, 1.54) is 11.1 Å². The molecule has 2 heterocycles. The molecule has 4 rings (SSSR count). The number of nitriles is 1. The molecule has 0 spiro atoms. The number of hydrogen-bond donors (Lipinski definition) is 0.